The van der Waals surface area contributed by atoms with E-state index in [2.05, 4.69) is 10.5 Å². The fraction of sp³-hybridized carbons (Fsp3) is 0.130. The predicted octanol–water partition coefficient (Wildman–Crippen LogP) is 4.97. The van der Waals surface area contributed by atoms with E-state index in [9.17, 15) is 4.79 Å². The fourth-order valence-electron chi connectivity index (χ4n) is 3.02. The number of anilines is 1. The maximum Gasteiger partial charge on any atom is 0.268 e. The number of ether oxygens (including phenoxy) is 1. The van der Waals surface area contributed by atoms with Gasteiger partial charge in [0.25, 0.3) is 5.91 Å². The van der Waals surface area contributed by atoms with Crippen molar-refractivity contribution in [3.05, 3.63) is 72.3 Å². The van der Waals surface area contributed by atoms with Gasteiger partial charge in [-0.15, -0.1) is 0 Å². The van der Waals surface area contributed by atoms with E-state index >= 15 is 0 Å². The molecule has 0 aliphatic carbocycles. The molecule has 0 radical (unpaired) electrons. The van der Waals surface area contributed by atoms with Gasteiger partial charge >= 0.3 is 0 Å². The third kappa shape index (κ3) is 3.91. The number of carbonyl (C=O) groups is 1. The molecule has 1 N–H and O–H groups in total. The highest BCUT2D eigenvalue weighted by atomic mass is 16.6. The first-order valence-electron chi connectivity index (χ1n) is 9.20. The Balaban J connectivity index is 1.52. The van der Waals surface area contributed by atoms with Gasteiger partial charge in [-0.2, -0.15) is 0 Å². The lowest BCUT2D eigenvalue weighted by molar-refractivity contribution is -0.126. The molecule has 1 amide bonds. The number of rotatable bonds is 6. The van der Waals surface area contributed by atoms with Crippen molar-refractivity contribution in [2.75, 3.05) is 12.4 Å². The van der Waals surface area contributed by atoms with E-state index in [1.807, 2.05) is 60.7 Å². The molecule has 0 saturated heterocycles. The maximum atomic E-state index is 12.5. The highest BCUT2D eigenvalue weighted by Gasteiger charge is 2.18. The van der Waals surface area contributed by atoms with E-state index in [1.54, 1.807) is 26.3 Å². The molecule has 1 heterocycles. The minimum Gasteiger partial charge on any atom is -0.495 e. The van der Waals surface area contributed by atoms with Gasteiger partial charge < -0.3 is 19.3 Å². The standard InChI is InChI=1S/C23H20N2O4/c1-15(29-24-14-16-8-4-3-5-9-16)23(26)25-19-13-21-18(12-22(19)27-2)17-10-6-7-11-20(17)28-21/h3-15H,1-2H3,(H,25,26)/b24-14-/t15-/m1/s1. The van der Waals surface area contributed by atoms with Crippen molar-refractivity contribution in [3.8, 4) is 5.75 Å². The van der Waals surface area contributed by atoms with Gasteiger partial charge in [0.1, 0.15) is 16.9 Å². The van der Waals surface area contributed by atoms with Crippen LogP contribution in [0.25, 0.3) is 21.9 Å². The summed E-state index contributed by atoms with van der Waals surface area (Å²) in [5.74, 6) is 0.196. The fourth-order valence-corrected chi connectivity index (χ4v) is 3.02. The molecule has 0 aliphatic rings. The molecular formula is C23H20N2O4. The Kier molecular flexibility index (Phi) is 5.16. The number of hydrogen-bond acceptors (Lipinski definition) is 5. The summed E-state index contributed by atoms with van der Waals surface area (Å²) in [6.45, 7) is 1.63. The van der Waals surface area contributed by atoms with Gasteiger partial charge in [-0.3, -0.25) is 4.79 Å². The Bertz CT molecular complexity index is 1180. The van der Waals surface area contributed by atoms with E-state index in [0.717, 1.165) is 21.9 Å². The van der Waals surface area contributed by atoms with Crippen molar-refractivity contribution in [1.29, 1.82) is 0 Å². The number of furan rings is 1. The third-order valence-electron chi connectivity index (χ3n) is 4.55. The van der Waals surface area contributed by atoms with Gasteiger partial charge in [-0.05, 0) is 24.6 Å². The summed E-state index contributed by atoms with van der Waals surface area (Å²) in [5, 5.41) is 8.63. The molecule has 1 aromatic heterocycles. The summed E-state index contributed by atoms with van der Waals surface area (Å²) in [7, 11) is 1.56. The molecule has 0 aliphatic heterocycles. The number of nitrogens with zero attached hydrogens (tertiary/aromatic N) is 1. The molecule has 6 nitrogen and oxygen atoms in total. The van der Waals surface area contributed by atoms with Crippen molar-refractivity contribution in [2.24, 2.45) is 5.16 Å². The molecule has 0 fully saturated rings. The molecule has 3 aromatic carbocycles. The quantitative estimate of drug-likeness (QED) is 0.374. The largest absolute Gasteiger partial charge is 0.495 e. The summed E-state index contributed by atoms with van der Waals surface area (Å²) < 4.78 is 11.4. The number of hydrogen-bond donors (Lipinski definition) is 1. The lowest BCUT2D eigenvalue weighted by Gasteiger charge is -2.13. The van der Waals surface area contributed by atoms with Crippen molar-refractivity contribution in [2.45, 2.75) is 13.0 Å². The number of nitrogens with one attached hydrogen (secondary N) is 1. The summed E-state index contributed by atoms with van der Waals surface area (Å²) in [6, 6.07) is 20.9. The summed E-state index contributed by atoms with van der Waals surface area (Å²) in [5.41, 5.74) is 2.83. The number of oxime groups is 1. The molecule has 146 valence electrons. The number of methoxy groups -OCH3 is 1. The van der Waals surface area contributed by atoms with Gasteiger partial charge in [0.05, 0.1) is 19.0 Å². The van der Waals surface area contributed by atoms with Crippen LogP contribution in [0, 0.1) is 0 Å². The molecular weight excluding hydrogens is 368 g/mol. The molecule has 1 atom stereocenters. The van der Waals surface area contributed by atoms with Crippen LogP contribution in [0.4, 0.5) is 5.69 Å². The van der Waals surface area contributed by atoms with E-state index in [0.29, 0.717) is 17.0 Å². The molecule has 4 rings (SSSR count). The van der Waals surface area contributed by atoms with Gasteiger partial charge in [-0.25, -0.2) is 0 Å². The number of amides is 1. The van der Waals surface area contributed by atoms with Crippen LogP contribution in [0.5, 0.6) is 5.75 Å². The number of fused-ring (bicyclic) bond motifs is 3. The zero-order chi connectivity index (χ0) is 20.2. The Morgan fingerprint density at radius 3 is 2.59 bits per heavy atom. The van der Waals surface area contributed by atoms with Crippen LogP contribution in [0.2, 0.25) is 0 Å². The van der Waals surface area contributed by atoms with Crippen LogP contribution in [0.1, 0.15) is 12.5 Å². The second kappa shape index (κ2) is 8.06. The maximum absolute atomic E-state index is 12.5. The topological polar surface area (TPSA) is 73.1 Å². The average molecular weight is 388 g/mol. The van der Waals surface area contributed by atoms with Crippen molar-refractivity contribution in [1.82, 2.24) is 0 Å². The van der Waals surface area contributed by atoms with Crippen LogP contribution in [0.3, 0.4) is 0 Å². The van der Waals surface area contributed by atoms with E-state index in [4.69, 9.17) is 14.0 Å². The molecule has 0 unspecified atom stereocenters. The molecule has 6 heteroatoms. The smallest absolute Gasteiger partial charge is 0.268 e. The molecule has 29 heavy (non-hydrogen) atoms. The summed E-state index contributed by atoms with van der Waals surface area (Å²) in [4.78, 5) is 17.8. The minimum atomic E-state index is -0.786. The molecule has 0 spiro atoms. The van der Waals surface area contributed by atoms with Crippen molar-refractivity contribution in [3.63, 3.8) is 0 Å². The van der Waals surface area contributed by atoms with Gasteiger partial charge in [0, 0.05) is 16.8 Å². The van der Waals surface area contributed by atoms with Crippen LogP contribution in [-0.2, 0) is 9.63 Å². The number of benzene rings is 3. The first-order valence-corrected chi connectivity index (χ1v) is 9.20. The minimum absolute atomic E-state index is 0.344. The molecule has 0 saturated carbocycles. The van der Waals surface area contributed by atoms with Crippen LogP contribution < -0.4 is 10.1 Å². The Labute approximate surface area is 167 Å². The molecule has 4 aromatic rings. The lowest BCUT2D eigenvalue weighted by Crippen LogP contribution is -2.26. The zero-order valence-electron chi connectivity index (χ0n) is 16.1. The SMILES string of the molecule is COc1cc2c(cc1NC(=O)[C@@H](C)O/N=C\c1ccccc1)oc1ccccc12. The van der Waals surface area contributed by atoms with Crippen LogP contribution in [0.15, 0.2) is 76.3 Å². The van der Waals surface area contributed by atoms with Crippen molar-refractivity contribution >= 4 is 39.7 Å². The Morgan fingerprint density at radius 1 is 1.03 bits per heavy atom. The van der Waals surface area contributed by atoms with Gasteiger partial charge in [0.2, 0.25) is 6.10 Å². The number of para-hydroxylation sites is 1. The third-order valence-corrected chi connectivity index (χ3v) is 4.55. The zero-order valence-corrected chi connectivity index (χ0v) is 16.1. The first-order chi connectivity index (χ1) is 14.2. The summed E-state index contributed by atoms with van der Waals surface area (Å²) in [6.07, 6.45) is 0.774. The van der Waals surface area contributed by atoms with Gasteiger partial charge in [-0.1, -0.05) is 53.7 Å². The van der Waals surface area contributed by atoms with Crippen molar-refractivity contribution < 1.29 is 18.8 Å². The predicted molar refractivity (Wildman–Crippen MR) is 113 cm³/mol. The Morgan fingerprint density at radius 2 is 1.79 bits per heavy atom. The van der Waals surface area contributed by atoms with E-state index in [-0.39, 0.29) is 5.91 Å². The lowest BCUT2D eigenvalue weighted by atomic mass is 10.1. The normalized spacial score (nSPS) is 12.3. The van der Waals surface area contributed by atoms with Crippen LogP contribution in [-0.4, -0.2) is 25.3 Å². The molecule has 0 bridgehead atoms. The van der Waals surface area contributed by atoms with Crippen LogP contribution >= 0.6 is 0 Å². The number of carbonyl (C=O) groups excluding carboxylic acids is 1. The monoisotopic (exact) mass is 388 g/mol. The first kappa shape index (κ1) is 18.6. The van der Waals surface area contributed by atoms with Gasteiger partial charge in [0.15, 0.2) is 0 Å². The average Bonchev–Trinajstić information content (AvgIpc) is 3.11. The Hall–Kier alpha value is -3.80. The second-order valence-corrected chi connectivity index (χ2v) is 6.53. The highest BCUT2D eigenvalue weighted by molar-refractivity contribution is 6.08. The van der Waals surface area contributed by atoms with E-state index in [1.165, 1.54) is 0 Å². The highest BCUT2D eigenvalue weighted by Crippen LogP contribution is 2.36. The summed E-state index contributed by atoms with van der Waals surface area (Å²) >= 11 is 0. The van der Waals surface area contributed by atoms with E-state index < -0.39 is 6.10 Å². The second-order valence-electron chi connectivity index (χ2n) is 6.53.